The van der Waals surface area contributed by atoms with Crippen LogP contribution in [0.5, 0.6) is 5.75 Å². The van der Waals surface area contributed by atoms with Crippen LogP contribution in [0.3, 0.4) is 0 Å². The zero-order valence-electron chi connectivity index (χ0n) is 18.4. The molecule has 2 aromatic carbocycles. The maximum atomic E-state index is 15.1. The molecule has 1 N–H and O–H groups in total. The van der Waals surface area contributed by atoms with Crippen molar-refractivity contribution in [3.63, 3.8) is 0 Å². The van der Waals surface area contributed by atoms with E-state index in [1.807, 2.05) is 4.57 Å². The number of rotatable bonds is 5. The highest BCUT2D eigenvalue weighted by molar-refractivity contribution is 5.84. The highest BCUT2D eigenvalue weighted by Gasteiger charge is 2.55. The summed E-state index contributed by atoms with van der Waals surface area (Å²) in [5.74, 6) is 1.19. The minimum Gasteiger partial charge on any atom is -0.434 e. The van der Waals surface area contributed by atoms with E-state index in [0.717, 1.165) is 12.2 Å². The van der Waals surface area contributed by atoms with Gasteiger partial charge in [0.25, 0.3) is 0 Å². The lowest BCUT2D eigenvalue weighted by atomic mass is 10.0. The number of alkyl halides is 2. The molecule has 1 fully saturated rings. The third kappa shape index (κ3) is 3.26. The number of para-hydroxylation sites is 1. The topological polar surface area (TPSA) is 73.1 Å². The van der Waals surface area contributed by atoms with Crippen molar-refractivity contribution < 1.29 is 23.0 Å². The summed E-state index contributed by atoms with van der Waals surface area (Å²) in [4.78, 5) is 13.1. The van der Waals surface area contributed by atoms with Gasteiger partial charge in [0, 0.05) is 41.1 Å². The number of hydrogen-bond acceptors (Lipinski definition) is 5. The molecule has 2 aliphatic rings. The molecule has 1 aliphatic carbocycles. The molecule has 0 saturated heterocycles. The molecule has 0 bridgehead atoms. The molecule has 4 aromatic rings. The van der Waals surface area contributed by atoms with Crippen LogP contribution in [0.25, 0.3) is 22.2 Å². The predicted octanol–water partition coefficient (Wildman–Crippen LogP) is 5.17. The Hall–Kier alpha value is -3.46. The lowest BCUT2D eigenvalue weighted by molar-refractivity contribution is -0.0507. The van der Waals surface area contributed by atoms with E-state index in [9.17, 15) is 13.9 Å². The zero-order valence-corrected chi connectivity index (χ0v) is 18.4. The molecule has 2 aromatic heterocycles. The molecule has 9 heteroatoms. The predicted molar refractivity (Wildman–Crippen MR) is 118 cm³/mol. The first kappa shape index (κ1) is 21.1. The first-order chi connectivity index (χ1) is 16.2. The number of imidazole rings is 1. The number of hydrogen-bond donors (Lipinski definition) is 1. The molecular formula is C25H21F3N4O2. The first-order valence-electron chi connectivity index (χ1n) is 11.0. The third-order valence-electron chi connectivity index (χ3n) is 6.62. The van der Waals surface area contributed by atoms with Crippen LogP contribution >= 0.6 is 0 Å². The molecule has 1 saturated carbocycles. The molecule has 174 valence electrons. The van der Waals surface area contributed by atoms with E-state index < -0.39 is 18.0 Å². The van der Waals surface area contributed by atoms with Crippen LogP contribution < -0.4 is 4.74 Å². The van der Waals surface area contributed by atoms with Crippen molar-refractivity contribution >= 4 is 11.0 Å². The van der Waals surface area contributed by atoms with E-state index in [1.165, 1.54) is 18.5 Å². The Balaban J connectivity index is 1.48. The molecule has 0 spiro atoms. The number of ether oxygens (including phenoxy) is 1. The minimum atomic E-state index is -2.93. The summed E-state index contributed by atoms with van der Waals surface area (Å²) in [7, 11) is 0. The molecular weight excluding hydrogens is 445 g/mol. The van der Waals surface area contributed by atoms with Crippen molar-refractivity contribution in [2.45, 2.75) is 44.4 Å². The van der Waals surface area contributed by atoms with Gasteiger partial charge in [0.1, 0.15) is 23.0 Å². The van der Waals surface area contributed by atoms with E-state index in [4.69, 9.17) is 9.72 Å². The van der Waals surface area contributed by atoms with Gasteiger partial charge in [-0.2, -0.15) is 8.78 Å². The van der Waals surface area contributed by atoms with Crippen LogP contribution in [0.4, 0.5) is 13.2 Å². The Kier molecular flexibility index (Phi) is 4.51. The number of nitrogens with zero attached hydrogens (tertiary/aromatic N) is 4. The molecule has 6 rings (SSSR count). The maximum absolute atomic E-state index is 15.1. The molecule has 1 aliphatic heterocycles. The summed E-state index contributed by atoms with van der Waals surface area (Å²) in [5.41, 5.74) is 1.43. The molecule has 0 amide bonds. The summed E-state index contributed by atoms with van der Waals surface area (Å²) >= 11 is 0. The van der Waals surface area contributed by atoms with E-state index in [-0.39, 0.29) is 29.5 Å². The molecule has 3 heterocycles. The van der Waals surface area contributed by atoms with Crippen LogP contribution in [-0.2, 0) is 5.60 Å². The fraction of sp³-hybridized carbons (Fsp3) is 0.320. The number of halogens is 3. The molecule has 3 atom stereocenters. The minimum absolute atomic E-state index is 0.140. The second kappa shape index (κ2) is 7.27. The summed E-state index contributed by atoms with van der Waals surface area (Å²) in [6.45, 7) is 0.223. The summed E-state index contributed by atoms with van der Waals surface area (Å²) in [5, 5.41) is 10.1. The van der Waals surface area contributed by atoms with Crippen LogP contribution in [0, 0.1) is 11.7 Å². The van der Waals surface area contributed by atoms with Gasteiger partial charge < -0.3 is 14.4 Å². The lowest BCUT2D eigenvalue weighted by Crippen LogP contribution is -2.19. The number of aliphatic hydroxyl groups is 1. The van der Waals surface area contributed by atoms with Crippen molar-refractivity contribution in [1.82, 2.24) is 19.5 Å². The van der Waals surface area contributed by atoms with Crippen LogP contribution in [0.2, 0.25) is 0 Å². The Morgan fingerprint density at radius 2 is 1.88 bits per heavy atom. The van der Waals surface area contributed by atoms with Gasteiger partial charge in [-0.1, -0.05) is 18.2 Å². The standard InChI is InChI=1S/C25H21F3N4O2/c1-25(2,33)23-29-10-12(11-30-23)14-8-19-18(9-17(14)26)31-22-16-7-15(16)21(32(19)22)13-5-3-4-6-20(13)34-24(27)28/h3-6,8-11,15-16,21,24,33H,7H2,1-2H3/t15?,16-,21+/m1/s1. The third-order valence-corrected chi connectivity index (χ3v) is 6.62. The van der Waals surface area contributed by atoms with Gasteiger partial charge in [-0.05, 0) is 38.3 Å². The van der Waals surface area contributed by atoms with E-state index in [2.05, 4.69) is 9.97 Å². The van der Waals surface area contributed by atoms with Crippen molar-refractivity contribution in [2.75, 3.05) is 0 Å². The van der Waals surface area contributed by atoms with Gasteiger partial charge in [-0.25, -0.2) is 19.3 Å². The van der Waals surface area contributed by atoms with Crippen molar-refractivity contribution in [2.24, 2.45) is 5.92 Å². The van der Waals surface area contributed by atoms with Gasteiger partial charge in [0.2, 0.25) is 0 Å². The highest BCUT2D eigenvalue weighted by atomic mass is 19.3. The van der Waals surface area contributed by atoms with Crippen LogP contribution in [-0.4, -0.2) is 31.2 Å². The number of benzene rings is 2. The summed E-state index contributed by atoms with van der Waals surface area (Å²) in [6, 6.07) is 9.67. The molecule has 34 heavy (non-hydrogen) atoms. The Morgan fingerprint density at radius 1 is 1.15 bits per heavy atom. The Morgan fingerprint density at radius 3 is 2.59 bits per heavy atom. The smallest absolute Gasteiger partial charge is 0.387 e. The lowest BCUT2D eigenvalue weighted by Gasteiger charge is -2.21. The maximum Gasteiger partial charge on any atom is 0.387 e. The van der Waals surface area contributed by atoms with E-state index in [0.29, 0.717) is 27.7 Å². The van der Waals surface area contributed by atoms with Crippen molar-refractivity contribution in [3.8, 4) is 16.9 Å². The molecule has 0 radical (unpaired) electrons. The SMILES string of the molecule is CC(C)(O)c1ncc(-c2cc3c(cc2F)nc2n3[C@@H](c3ccccc3OC(F)F)C3C[C@@H]23)cn1. The highest BCUT2D eigenvalue weighted by Crippen LogP contribution is 2.63. The van der Waals surface area contributed by atoms with E-state index in [1.54, 1.807) is 44.2 Å². The number of aromatic nitrogens is 4. The molecule has 6 nitrogen and oxygen atoms in total. The average molecular weight is 466 g/mol. The van der Waals surface area contributed by atoms with Crippen LogP contribution in [0.1, 0.15) is 49.4 Å². The summed E-state index contributed by atoms with van der Waals surface area (Å²) in [6.07, 6.45) is 3.86. The quantitative estimate of drug-likeness (QED) is 0.440. The average Bonchev–Trinajstić information content (AvgIpc) is 3.39. The fourth-order valence-corrected chi connectivity index (χ4v) is 5.04. The Bertz CT molecular complexity index is 1410. The largest absolute Gasteiger partial charge is 0.434 e. The normalized spacial score (nSPS) is 21.1. The van der Waals surface area contributed by atoms with Gasteiger partial charge in [-0.3, -0.25) is 0 Å². The van der Waals surface area contributed by atoms with Crippen molar-refractivity contribution in [3.05, 3.63) is 71.8 Å². The first-order valence-corrected chi connectivity index (χ1v) is 11.0. The fourth-order valence-electron chi connectivity index (χ4n) is 5.04. The van der Waals surface area contributed by atoms with E-state index >= 15 is 4.39 Å². The zero-order chi connectivity index (χ0) is 23.8. The van der Waals surface area contributed by atoms with Gasteiger partial charge >= 0.3 is 6.61 Å². The van der Waals surface area contributed by atoms with Gasteiger partial charge in [0.05, 0.1) is 17.1 Å². The van der Waals surface area contributed by atoms with Gasteiger partial charge in [0.15, 0.2) is 5.82 Å². The summed E-state index contributed by atoms with van der Waals surface area (Å²) < 4.78 is 48.0. The monoisotopic (exact) mass is 466 g/mol. The number of fused-ring (bicyclic) bond motifs is 5. The second-order valence-corrected chi connectivity index (χ2v) is 9.38. The molecule has 1 unspecified atom stereocenters. The van der Waals surface area contributed by atoms with Crippen molar-refractivity contribution in [1.29, 1.82) is 0 Å². The van der Waals surface area contributed by atoms with Crippen LogP contribution in [0.15, 0.2) is 48.8 Å². The second-order valence-electron chi connectivity index (χ2n) is 9.38. The van der Waals surface area contributed by atoms with Gasteiger partial charge in [-0.15, -0.1) is 0 Å². The Labute approximate surface area is 193 Å².